The molecule has 186 valence electrons. The highest BCUT2D eigenvalue weighted by atomic mass is 16.6. The summed E-state index contributed by atoms with van der Waals surface area (Å²) in [5.41, 5.74) is 6.46. The Morgan fingerprint density at radius 3 is 2.47 bits per heavy atom. The average Bonchev–Trinajstić information content (AvgIpc) is 2.86. The molecule has 2 aromatic carbocycles. The minimum absolute atomic E-state index is 0.0180. The van der Waals surface area contributed by atoms with Gasteiger partial charge in [0.2, 0.25) is 5.88 Å². The highest BCUT2D eigenvalue weighted by Crippen LogP contribution is 2.40. The summed E-state index contributed by atoms with van der Waals surface area (Å²) in [6.45, 7) is 3.08. The lowest BCUT2D eigenvalue weighted by atomic mass is 9.83. The van der Waals surface area contributed by atoms with Crippen molar-refractivity contribution in [3.8, 4) is 11.8 Å². The molecule has 0 saturated carbocycles. The molecule has 36 heavy (non-hydrogen) atoms. The maximum atomic E-state index is 12.6. The SMILES string of the molecule is CCOC(=O)C1=C(C)OC(N)=C(C#N)C1c1ccc(OCc2c(C(=O)OC)cccc2[N+](=O)[O-])cc1. The molecule has 0 radical (unpaired) electrons. The largest absolute Gasteiger partial charge is 0.489 e. The third kappa shape index (κ3) is 5.12. The average molecular weight is 493 g/mol. The van der Waals surface area contributed by atoms with Crippen LogP contribution in [0.4, 0.5) is 5.69 Å². The highest BCUT2D eigenvalue weighted by molar-refractivity contribution is 5.93. The van der Waals surface area contributed by atoms with Gasteiger partial charge >= 0.3 is 11.9 Å². The minimum atomic E-state index is -0.821. The summed E-state index contributed by atoms with van der Waals surface area (Å²) < 4.78 is 21.0. The second kappa shape index (κ2) is 11.1. The number of allylic oxidation sites excluding steroid dienone is 2. The lowest BCUT2D eigenvalue weighted by molar-refractivity contribution is -0.385. The van der Waals surface area contributed by atoms with Crippen LogP contribution in [0.5, 0.6) is 5.75 Å². The van der Waals surface area contributed by atoms with Gasteiger partial charge in [0.1, 0.15) is 29.8 Å². The number of nitrogens with zero attached hydrogens (tertiary/aromatic N) is 2. The van der Waals surface area contributed by atoms with E-state index in [0.717, 1.165) is 0 Å². The van der Waals surface area contributed by atoms with Crippen molar-refractivity contribution < 1.29 is 33.5 Å². The Balaban J connectivity index is 1.92. The number of rotatable bonds is 8. The Bertz CT molecular complexity index is 1310. The van der Waals surface area contributed by atoms with Gasteiger partial charge in [-0.3, -0.25) is 10.1 Å². The van der Waals surface area contributed by atoms with Crippen molar-refractivity contribution in [2.45, 2.75) is 26.4 Å². The number of carbonyl (C=O) groups is 2. The molecule has 0 aliphatic carbocycles. The molecule has 2 N–H and O–H groups in total. The van der Waals surface area contributed by atoms with Crippen LogP contribution in [0.15, 0.2) is 65.3 Å². The second-order valence-electron chi connectivity index (χ2n) is 7.52. The summed E-state index contributed by atoms with van der Waals surface area (Å²) >= 11 is 0. The number of nitro groups is 1. The molecule has 11 heteroatoms. The van der Waals surface area contributed by atoms with E-state index in [-0.39, 0.29) is 52.8 Å². The first kappa shape index (κ1) is 25.8. The first-order valence-electron chi connectivity index (χ1n) is 10.8. The molecule has 1 aliphatic heterocycles. The van der Waals surface area contributed by atoms with Gasteiger partial charge in [0.05, 0.1) is 41.3 Å². The maximum Gasteiger partial charge on any atom is 0.338 e. The van der Waals surface area contributed by atoms with Gasteiger partial charge in [0.25, 0.3) is 5.69 Å². The number of ether oxygens (including phenoxy) is 4. The van der Waals surface area contributed by atoms with Crippen molar-refractivity contribution in [1.29, 1.82) is 5.26 Å². The van der Waals surface area contributed by atoms with Gasteiger partial charge in [-0.1, -0.05) is 18.2 Å². The fourth-order valence-electron chi connectivity index (χ4n) is 3.80. The summed E-state index contributed by atoms with van der Waals surface area (Å²) in [6, 6.07) is 12.5. The summed E-state index contributed by atoms with van der Waals surface area (Å²) in [7, 11) is 1.18. The zero-order chi connectivity index (χ0) is 26.4. The Morgan fingerprint density at radius 1 is 1.19 bits per heavy atom. The van der Waals surface area contributed by atoms with Crippen molar-refractivity contribution in [3.05, 3.63) is 92.1 Å². The number of hydrogen-bond acceptors (Lipinski definition) is 10. The fourth-order valence-corrected chi connectivity index (χ4v) is 3.80. The molecule has 0 bridgehead atoms. The van der Waals surface area contributed by atoms with E-state index in [4.69, 9.17) is 24.7 Å². The van der Waals surface area contributed by atoms with Gasteiger partial charge in [-0.25, -0.2) is 9.59 Å². The Morgan fingerprint density at radius 2 is 1.89 bits per heavy atom. The predicted molar refractivity (Wildman–Crippen MR) is 125 cm³/mol. The zero-order valence-corrected chi connectivity index (χ0v) is 19.8. The summed E-state index contributed by atoms with van der Waals surface area (Å²) in [5.74, 6) is -1.74. The molecule has 0 amide bonds. The molecule has 1 unspecified atom stereocenters. The first-order valence-corrected chi connectivity index (χ1v) is 10.8. The normalized spacial score (nSPS) is 15.0. The lowest BCUT2D eigenvalue weighted by Gasteiger charge is -2.26. The van der Waals surface area contributed by atoms with Gasteiger partial charge in [0, 0.05) is 6.07 Å². The van der Waals surface area contributed by atoms with E-state index in [9.17, 15) is 25.0 Å². The van der Waals surface area contributed by atoms with Crippen LogP contribution in [0.1, 0.15) is 41.3 Å². The monoisotopic (exact) mass is 493 g/mol. The Kier molecular flexibility index (Phi) is 7.91. The van der Waals surface area contributed by atoms with Crippen molar-refractivity contribution in [1.82, 2.24) is 0 Å². The van der Waals surface area contributed by atoms with E-state index in [1.54, 1.807) is 38.1 Å². The lowest BCUT2D eigenvalue weighted by Crippen LogP contribution is -2.25. The number of esters is 2. The molecular weight excluding hydrogens is 470 g/mol. The van der Waals surface area contributed by atoms with Crippen molar-refractivity contribution in [2.75, 3.05) is 13.7 Å². The van der Waals surface area contributed by atoms with Crippen LogP contribution in [0, 0.1) is 21.4 Å². The molecule has 0 fully saturated rings. The molecule has 0 spiro atoms. The van der Waals surface area contributed by atoms with E-state index < -0.39 is 22.8 Å². The van der Waals surface area contributed by atoms with Crippen LogP contribution in [0.25, 0.3) is 0 Å². The third-order valence-electron chi connectivity index (χ3n) is 5.45. The quantitative estimate of drug-likeness (QED) is 0.326. The van der Waals surface area contributed by atoms with E-state index in [1.807, 2.05) is 6.07 Å². The van der Waals surface area contributed by atoms with Gasteiger partial charge < -0.3 is 24.7 Å². The summed E-state index contributed by atoms with van der Waals surface area (Å²) in [5, 5.41) is 21.1. The molecule has 1 aliphatic rings. The van der Waals surface area contributed by atoms with Crippen molar-refractivity contribution >= 4 is 17.6 Å². The number of nitrogens with two attached hydrogens (primary N) is 1. The van der Waals surface area contributed by atoms with Crippen LogP contribution in [-0.2, 0) is 25.6 Å². The third-order valence-corrected chi connectivity index (χ3v) is 5.45. The van der Waals surface area contributed by atoms with Crippen LogP contribution in [0.2, 0.25) is 0 Å². The number of nitro benzene ring substituents is 1. The van der Waals surface area contributed by atoms with Gasteiger partial charge in [-0.05, 0) is 37.6 Å². The smallest absolute Gasteiger partial charge is 0.338 e. The first-order chi connectivity index (χ1) is 17.2. The molecule has 3 rings (SSSR count). The van der Waals surface area contributed by atoms with E-state index in [2.05, 4.69) is 0 Å². The van der Waals surface area contributed by atoms with Gasteiger partial charge in [-0.15, -0.1) is 0 Å². The van der Waals surface area contributed by atoms with Crippen molar-refractivity contribution in [3.63, 3.8) is 0 Å². The minimum Gasteiger partial charge on any atom is -0.489 e. The fraction of sp³-hybridized carbons (Fsp3) is 0.240. The second-order valence-corrected chi connectivity index (χ2v) is 7.52. The number of hydrogen-bond donors (Lipinski definition) is 1. The highest BCUT2D eigenvalue weighted by Gasteiger charge is 2.36. The number of benzene rings is 2. The topological polar surface area (TPSA) is 164 Å². The molecule has 2 aromatic rings. The van der Waals surface area contributed by atoms with E-state index in [0.29, 0.717) is 11.3 Å². The molecule has 0 saturated heterocycles. The maximum absolute atomic E-state index is 12.6. The van der Waals surface area contributed by atoms with Gasteiger partial charge in [-0.2, -0.15) is 5.26 Å². The Labute approximate surface area is 206 Å². The van der Waals surface area contributed by atoms with Crippen LogP contribution in [0.3, 0.4) is 0 Å². The predicted octanol–water partition coefficient (Wildman–Crippen LogP) is 3.61. The molecule has 0 aromatic heterocycles. The molecule has 1 atom stereocenters. The van der Waals surface area contributed by atoms with E-state index in [1.165, 1.54) is 25.3 Å². The summed E-state index contributed by atoms with van der Waals surface area (Å²) in [6.07, 6.45) is 0. The van der Waals surface area contributed by atoms with Gasteiger partial charge in [0.15, 0.2) is 0 Å². The molecule has 11 nitrogen and oxygen atoms in total. The number of carbonyl (C=O) groups excluding carboxylic acids is 2. The molecule has 1 heterocycles. The number of methoxy groups -OCH3 is 1. The van der Waals surface area contributed by atoms with Crippen molar-refractivity contribution in [2.24, 2.45) is 5.73 Å². The standard InChI is InChI=1S/C25H23N3O8/c1-4-34-25(30)21-14(2)36-23(27)18(12-26)22(21)15-8-10-16(11-9-15)35-13-19-17(24(29)33-3)6-5-7-20(19)28(31)32/h5-11,22H,4,13,27H2,1-3H3. The van der Waals surface area contributed by atoms with Crippen LogP contribution >= 0.6 is 0 Å². The van der Waals surface area contributed by atoms with Crippen LogP contribution < -0.4 is 10.5 Å². The number of nitriles is 1. The van der Waals surface area contributed by atoms with Crippen LogP contribution in [-0.4, -0.2) is 30.6 Å². The van der Waals surface area contributed by atoms with E-state index >= 15 is 0 Å². The molecular formula is C25H23N3O8. The zero-order valence-electron chi connectivity index (χ0n) is 19.8. The Hall–Kier alpha value is -4.85. The summed E-state index contributed by atoms with van der Waals surface area (Å²) in [4.78, 5) is 35.6.